The van der Waals surface area contributed by atoms with E-state index >= 15 is 0 Å². The minimum absolute atomic E-state index is 0.309. The van der Waals surface area contributed by atoms with E-state index in [0.717, 1.165) is 0 Å². The maximum Gasteiger partial charge on any atom is 0.249 e. The van der Waals surface area contributed by atoms with Crippen molar-refractivity contribution in [2.75, 3.05) is 6.54 Å². The number of nitrogens with one attached hydrogen (secondary N) is 1. The van der Waals surface area contributed by atoms with Crippen LogP contribution in [-0.4, -0.2) is 45.9 Å². The van der Waals surface area contributed by atoms with Gasteiger partial charge >= 0.3 is 0 Å². The summed E-state index contributed by atoms with van der Waals surface area (Å²) in [7, 11) is 0. The quantitative estimate of drug-likeness (QED) is 0.356. The highest BCUT2D eigenvalue weighted by Crippen LogP contribution is 2.15. The number of amides is 2. The minimum atomic E-state index is -1.64. The SMILES string of the molecule is CC(C)(N=NC(C)(C)C(=O)NCC(O)O)C(N)=O. The second kappa shape index (κ2) is 5.87. The summed E-state index contributed by atoms with van der Waals surface area (Å²) in [6, 6.07) is 0. The summed E-state index contributed by atoms with van der Waals surface area (Å²) < 4.78 is 0. The van der Waals surface area contributed by atoms with E-state index in [9.17, 15) is 9.59 Å². The Hall–Kier alpha value is -1.54. The number of carbonyl (C=O) groups excluding carboxylic acids is 2. The van der Waals surface area contributed by atoms with Gasteiger partial charge in [-0.25, -0.2) is 0 Å². The Labute approximate surface area is 105 Å². The molecule has 0 rings (SSSR count). The Balaban J connectivity index is 4.69. The number of nitrogens with two attached hydrogens (primary N) is 1. The van der Waals surface area contributed by atoms with E-state index in [-0.39, 0.29) is 6.54 Å². The van der Waals surface area contributed by atoms with Crippen molar-refractivity contribution in [2.45, 2.75) is 45.1 Å². The number of carbonyl (C=O) groups is 2. The second-order valence-corrected chi connectivity index (χ2v) is 4.87. The molecule has 0 unspecified atom stereocenters. The Morgan fingerprint density at radius 1 is 1.17 bits per heavy atom. The molecule has 0 fully saturated rings. The standard InChI is InChI=1S/C10H20N4O4/c1-9(2,7(11)17)13-14-10(3,4)8(18)12-5-6(15)16/h6,15-16H,5H2,1-4H3,(H2,11,17)(H,12,18). The third-order valence-electron chi connectivity index (χ3n) is 2.15. The lowest BCUT2D eigenvalue weighted by Crippen LogP contribution is -2.44. The lowest BCUT2D eigenvalue weighted by atomic mass is 10.1. The number of aliphatic hydroxyl groups excluding tert-OH is 1. The Morgan fingerprint density at radius 3 is 2.00 bits per heavy atom. The topological polar surface area (TPSA) is 137 Å². The highest BCUT2D eigenvalue weighted by atomic mass is 16.5. The summed E-state index contributed by atoms with van der Waals surface area (Å²) in [5.74, 6) is -1.20. The first-order valence-electron chi connectivity index (χ1n) is 5.37. The highest BCUT2D eigenvalue weighted by molar-refractivity contribution is 5.86. The zero-order valence-electron chi connectivity index (χ0n) is 11.0. The van der Waals surface area contributed by atoms with Crippen molar-refractivity contribution < 1.29 is 19.8 Å². The van der Waals surface area contributed by atoms with E-state index in [0.29, 0.717) is 0 Å². The molecule has 0 aliphatic rings. The predicted octanol–water partition coefficient (Wildman–Crippen LogP) is -1.09. The van der Waals surface area contributed by atoms with Gasteiger partial charge in [-0.05, 0) is 27.7 Å². The van der Waals surface area contributed by atoms with Crippen LogP contribution in [0, 0.1) is 0 Å². The lowest BCUT2D eigenvalue weighted by Gasteiger charge is -2.20. The van der Waals surface area contributed by atoms with Crippen LogP contribution in [0.5, 0.6) is 0 Å². The molecule has 0 atom stereocenters. The van der Waals surface area contributed by atoms with Crippen molar-refractivity contribution in [3.05, 3.63) is 0 Å². The van der Waals surface area contributed by atoms with Crippen molar-refractivity contribution in [1.82, 2.24) is 5.32 Å². The Morgan fingerprint density at radius 2 is 1.61 bits per heavy atom. The number of nitrogens with zero attached hydrogens (tertiary/aromatic N) is 2. The fraction of sp³-hybridized carbons (Fsp3) is 0.800. The molecule has 0 aromatic heterocycles. The number of hydrogen-bond acceptors (Lipinski definition) is 6. The average molecular weight is 260 g/mol. The van der Waals surface area contributed by atoms with Gasteiger partial charge in [0.1, 0.15) is 0 Å². The molecular formula is C10H20N4O4. The van der Waals surface area contributed by atoms with Gasteiger partial charge in [0.2, 0.25) is 11.8 Å². The minimum Gasteiger partial charge on any atom is -0.368 e. The van der Waals surface area contributed by atoms with E-state index in [1.807, 2.05) is 0 Å². The van der Waals surface area contributed by atoms with Gasteiger partial charge in [-0.1, -0.05) is 0 Å². The number of azo groups is 1. The van der Waals surface area contributed by atoms with Crippen LogP contribution in [0.25, 0.3) is 0 Å². The summed E-state index contributed by atoms with van der Waals surface area (Å²) in [5.41, 5.74) is 2.68. The lowest BCUT2D eigenvalue weighted by molar-refractivity contribution is -0.128. The molecule has 0 heterocycles. The number of primary amides is 1. The molecule has 0 saturated carbocycles. The van der Waals surface area contributed by atoms with E-state index in [1.165, 1.54) is 27.7 Å². The van der Waals surface area contributed by atoms with Crippen LogP contribution < -0.4 is 11.1 Å². The van der Waals surface area contributed by atoms with Crippen molar-refractivity contribution in [2.24, 2.45) is 16.0 Å². The molecule has 5 N–H and O–H groups in total. The summed E-state index contributed by atoms with van der Waals surface area (Å²) in [5, 5.41) is 27.0. The zero-order chi connectivity index (χ0) is 14.6. The van der Waals surface area contributed by atoms with Crippen molar-refractivity contribution >= 4 is 11.8 Å². The van der Waals surface area contributed by atoms with Crippen molar-refractivity contribution in [3.8, 4) is 0 Å². The summed E-state index contributed by atoms with van der Waals surface area (Å²) in [6.07, 6.45) is -1.64. The molecule has 2 amide bonds. The highest BCUT2D eigenvalue weighted by Gasteiger charge is 2.30. The molecule has 0 aliphatic carbocycles. The van der Waals surface area contributed by atoms with Crippen LogP contribution in [0.15, 0.2) is 10.2 Å². The Bertz CT molecular complexity index is 350. The number of aliphatic hydroxyl groups is 2. The molecule has 104 valence electrons. The van der Waals surface area contributed by atoms with Crippen molar-refractivity contribution in [3.63, 3.8) is 0 Å². The summed E-state index contributed by atoms with van der Waals surface area (Å²) >= 11 is 0. The van der Waals surface area contributed by atoms with Gasteiger partial charge < -0.3 is 21.3 Å². The molecule has 18 heavy (non-hydrogen) atoms. The first kappa shape index (κ1) is 16.5. The van der Waals surface area contributed by atoms with Gasteiger partial charge in [-0.15, -0.1) is 0 Å². The second-order valence-electron chi connectivity index (χ2n) is 4.87. The van der Waals surface area contributed by atoms with Gasteiger partial charge in [-0.2, -0.15) is 10.2 Å². The van der Waals surface area contributed by atoms with E-state index in [2.05, 4.69) is 15.5 Å². The molecule has 8 nitrogen and oxygen atoms in total. The number of hydrogen-bond donors (Lipinski definition) is 4. The zero-order valence-corrected chi connectivity index (χ0v) is 11.0. The van der Waals surface area contributed by atoms with Gasteiger partial charge in [-0.3, -0.25) is 9.59 Å². The van der Waals surface area contributed by atoms with E-state index in [1.54, 1.807) is 0 Å². The van der Waals surface area contributed by atoms with E-state index < -0.39 is 29.2 Å². The molecule has 0 aromatic rings. The van der Waals surface area contributed by atoms with Gasteiger partial charge in [0, 0.05) is 0 Å². The average Bonchev–Trinajstić information content (AvgIpc) is 2.23. The molecule has 0 radical (unpaired) electrons. The normalized spacial score (nSPS) is 13.1. The van der Waals surface area contributed by atoms with Gasteiger partial charge in [0.05, 0.1) is 6.54 Å². The molecule has 0 aromatic carbocycles. The smallest absolute Gasteiger partial charge is 0.249 e. The summed E-state index contributed by atoms with van der Waals surface area (Å²) in [6.45, 7) is 5.60. The third-order valence-corrected chi connectivity index (χ3v) is 2.15. The summed E-state index contributed by atoms with van der Waals surface area (Å²) in [4.78, 5) is 22.7. The first-order valence-corrected chi connectivity index (χ1v) is 5.37. The van der Waals surface area contributed by atoms with Crippen LogP contribution in [0.4, 0.5) is 0 Å². The van der Waals surface area contributed by atoms with E-state index in [4.69, 9.17) is 15.9 Å². The molecule has 0 spiro atoms. The predicted molar refractivity (Wildman–Crippen MR) is 63.4 cm³/mol. The maximum absolute atomic E-state index is 11.7. The molecular weight excluding hydrogens is 240 g/mol. The van der Waals surface area contributed by atoms with Crippen LogP contribution in [0.3, 0.4) is 0 Å². The molecule has 0 bridgehead atoms. The largest absolute Gasteiger partial charge is 0.368 e. The van der Waals surface area contributed by atoms with Crippen LogP contribution in [0.1, 0.15) is 27.7 Å². The third kappa shape index (κ3) is 5.19. The molecule has 8 heteroatoms. The van der Waals surface area contributed by atoms with Crippen LogP contribution >= 0.6 is 0 Å². The fourth-order valence-corrected chi connectivity index (χ4v) is 0.745. The molecule has 0 aliphatic heterocycles. The van der Waals surface area contributed by atoms with Crippen molar-refractivity contribution in [1.29, 1.82) is 0 Å². The van der Waals surface area contributed by atoms with Gasteiger partial charge in [0.25, 0.3) is 0 Å². The Kier molecular flexibility index (Phi) is 5.37. The maximum atomic E-state index is 11.7. The van der Waals surface area contributed by atoms with Gasteiger partial charge in [0.15, 0.2) is 17.4 Å². The van der Waals surface area contributed by atoms with Crippen LogP contribution in [-0.2, 0) is 9.59 Å². The first-order chi connectivity index (χ1) is 7.99. The molecule has 0 saturated heterocycles. The number of rotatable bonds is 6. The van der Waals surface area contributed by atoms with Crippen LogP contribution in [0.2, 0.25) is 0 Å². The monoisotopic (exact) mass is 260 g/mol. The fourth-order valence-electron chi connectivity index (χ4n) is 0.745.